The fourth-order valence-electron chi connectivity index (χ4n) is 1.55. The van der Waals surface area contributed by atoms with Gasteiger partial charge in [-0.3, -0.25) is 5.43 Å². The van der Waals surface area contributed by atoms with E-state index in [1.807, 2.05) is 0 Å². The summed E-state index contributed by atoms with van der Waals surface area (Å²) in [5.41, 5.74) is 4.01. The molecule has 0 aliphatic carbocycles. The third-order valence-electron chi connectivity index (χ3n) is 2.62. The number of H-pyrrole nitrogens is 1. The largest absolute Gasteiger partial charge is 0.323 e. The number of nitrogens with zero attached hydrogens (tertiary/aromatic N) is 1. The highest BCUT2D eigenvalue weighted by Crippen LogP contribution is 2.21. The van der Waals surface area contributed by atoms with E-state index in [9.17, 15) is 8.42 Å². The Morgan fingerprint density at radius 1 is 1.33 bits per heavy atom. The fourth-order valence-corrected chi connectivity index (χ4v) is 2.43. The second kappa shape index (κ2) is 4.79. The number of anilines is 1. The number of nitrogens with one attached hydrogen (secondary N) is 2. The number of aromatic amines is 1. The van der Waals surface area contributed by atoms with Crippen LogP contribution in [0.3, 0.4) is 0 Å². The highest BCUT2D eigenvalue weighted by atomic mass is 32.2. The molecule has 0 aliphatic heterocycles. The van der Waals surface area contributed by atoms with Crippen LogP contribution in [-0.2, 0) is 9.84 Å². The molecule has 7 heteroatoms. The smallest absolute Gasteiger partial charge is 0.215 e. The van der Waals surface area contributed by atoms with Gasteiger partial charge in [-0.15, -0.1) is 0 Å². The van der Waals surface area contributed by atoms with Gasteiger partial charge in [0.25, 0.3) is 0 Å². The zero-order valence-corrected chi connectivity index (χ0v) is 10.7. The van der Waals surface area contributed by atoms with Crippen LogP contribution in [0.1, 0.15) is 6.92 Å². The number of hydrogen-bond acceptors (Lipinski definition) is 5. The molecule has 1 heterocycles. The minimum atomic E-state index is -3.15. The van der Waals surface area contributed by atoms with Crippen molar-refractivity contribution in [2.45, 2.75) is 11.8 Å². The van der Waals surface area contributed by atoms with Crippen molar-refractivity contribution in [1.82, 2.24) is 9.97 Å². The van der Waals surface area contributed by atoms with Crippen molar-refractivity contribution in [2.24, 2.45) is 5.84 Å². The van der Waals surface area contributed by atoms with Gasteiger partial charge in [-0.2, -0.15) is 0 Å². The fraction of sp³-hybridized carbons (Fsp3) is 0.182. The Morgan fingerprint density at radius 2 is 2.00 bits per heavy atom. The topological polar surface area (TPSA) is 101 Å². The summed E-state index contributed by atoms with van der Waals surface area (Å²) < 4.78 is 23.3. The molecule has 1 aromatic carbocycles. The predicted octanol–water partition coefficient (Wildman–Crippen LogP) is 1.16. The monoisotopic (exact) mass is 266 g/mol. The van der Waals surface area contributed by atoms with E-state index in [4.69, 9.17) is 5.84 Å². The first-order chi connectivity index (χ1) is 8.56. The molecule has 96 valence electrons. The van der Waals surface area contributed by atoms with Gasteiger partial charge in [-0.05, 0) is 17.7 Å². The van der Waals surface area contributed by atoms with Gasteiger partial charge >= 0.3 is 0 Å². The molecule has 0 saturated heterocycles. The molecule has 0 atom stereocenters. The lowest BCUT2D eigenvalue weighted by Gasteiger charge is -2.02. The first-order valence-corrected chi connectivity index (χ1v) is 7.07. The summed E-state index contributed by atoms with van der Waals surface area (Å²) >= 11 is 0. The molecule has 2 rings (SSSR count). The highest BCUT2D eigenvalue weighted by molar-refractivity contribution is 7.91. The van der Waals surface area contributed by atoms with Crippen molar-refractivity contribution in [1.29, 1.82) is 0 Å². The molecule has 0 amide bonds. The van der Waals surface area contributed by atoms with E-state index in [1.165, 1.54) is 0 Å². The van der Waals surface area contributed by atoms with Gasteiger partial charge in [0.05, 0.1) is 22.5 Å². The van der Waals surface area contributed by atoms with E-state index in [-0.39, 0.29) is 5.75 Å². The number of nitrogen functional groups attached to an aromatic ring is 1. The van der Waals surface area contributed by atoms with E-state index >= 15 is 0 Å². The van der Waals surface area contributed by atoms with Gasteiger partial charge in [-0.25, -0.2) is 19.2 Å². The maximum atomic E-state index is 11.7. The van der Waals surface area contributed by atoms with E-state index in [2.05, 4.69) is 15.4 Å². The number of rotatable bonds is 4. The van der Waals surface area contributed by atoms with Gasteiger partial charge in [0.2, 0.25) is 5.95 Å². The lowest BCUT2D eigenvalue weighted by atomic mass is 10.2. The first kappa shape index (κ1) is 12.6. The highest BCUT2D eigenvalue weighted by Gasteiger charge is 2.11. The normalized spacial score (nSPS) is 11.4. The van der Waals surface area contributed by atoms with Gasteiger partial charge in [0.15, 0.2) is 9.84 Å². The molecule has 2 aromatic rings. The third-order valence-corrected chi connectivity index (χ3v) is 4.37. The number of hydrazine groups is 1. The van der Waals surface area contributed by atoms with E-state index in [0.29, 0.717) is 10.8 Å². The Morgan fingerprint density at radius 3 is 2.50 bits per heavy atom. The summed E-state index contributed by atoms with van der Waals surface area (Å²) in [5, 5.41) is 0. The molecule has 4 N–H and O–H groups in total. The molecular weight excluding hydrogens is 252 g/mol. The van der Waals surface area contributed by atoms with E-state index < -0.39 is 9.84 Å². The van der Waals surface area contributed by atoms with Crippen molar-refractivity contribution in [3.63, 3.8) is 0 Å². The summed E-state index contributed by atoms with van der Waals surface area (Å²) in [6.07, 6.45) is 1.62. The summed E-state index contributed by atoms with van der Waals surface area (Å²) in [7, 11) is -3.15. The van der Waals surface area contributed by atoms with Crippen LogP contribution >= 0.6 is 0 Å². The molecule has 0 radical (unpaired) electrons. The maximum absolute atomic E-state index is 11.7. The minimum absolute atomic E-state index is 0.0949. The van der Waals surface area contributed by atoms with Crippen molar-refractivity contribution in [3.05, 3.63) is 30.5 Å². The second-order valence-electron chi connectivity index (χ2n) is 3.72. The van der Waals surface area contributed by atoms with Crippen LogP contribution in [0.5, 0.6) is 0 Å². The molecule has 0 fully saturated rings. The van der Waals surface area contributed by atoms with E-state index in [1.54, 1.807) is 37.4 Å². The summed E-state index contributed by atoms with van der Waals surface area (Å²) in [5.74, 6) is 5.77. The maximum Gasteiger partial charge on any atom is 0.215 e. The van der Waals surface area contributed by atoms with Crippen molar-refractivity contribution >= 4 is 15.8 Å². The quantitative estimate of drug-likeness (QED) is 0.569. The Hall–Kier alpha value is -1.86. The van der Waals surface area contributed by atoms with Crippen molar-refractivity contribution < 1.29 is 8.42 Å². The number of benzene rings is 1. The van der Waals surface area contributed by atoms with Gasteiger partial charge in [0.1, 0.15) is 0 Å². The first-order valence-electron chi connectivity index (χ1n) is 5.41. The standard InChI is InChI=1S/C11H14N4O2S/c1-2-18(16,17)9-5-3-8(4-6-9)10-7-13-11(14-10)15-12/h3-7H,2,12H2,1H3,(H2,13,14,15). The predicted molar refractivity (Wildman–Crippen MR) is 69.6 cm³/mol. The van der Waals surface area contributed by atoms with Crippen molar-refractivity contribution in [3.8, 4) is 11.3 Å². The zero-order chi connectivity index (χ0) is 13.2. The van der Waals surface area contributed by atoms with Crippen LogP contribution < -0.4 is 11.3 Å². The second-order valence-corrected chi connectivity index (χ2v) is 6.00. The Bertz CT molecular complexity index is 631. The van der Waals surface area contributed by atoms with Crippen LogP contribution in [0.2, 0.25) is 0 Å². The Kier molecular flexibility index (Phi) is 3.35. The van der Waals surface area contributed by atoms with Crippen LogP contribution in [0.15, 0.2) is 35.4 Å². The lowest BCUT2D eigenvalue weighted by Crippen LogP contribution is -2.07. The van der Waals surface area contributed by atoms with Gasteiger partial charge < -0.3 is 4.98 Å². The SMILES string of the molecule is CCS(=O)(=O)c1ccc(-c2cnc(NN)[nH]2)cc1. The Labute approximate surface area is 105 Å². The molecular formula is C11H14N4O2S. The zero-order valence-electron chi connectivity index (χ0n) is 9.84. The number of hydrogen-bond donors (Lipinski definition) is 3. The average molecular weight is 266 g/mol. The molecule has 6 nitrogen and oxygen atoms in total. The van der Waals surface area contributed by atoms with E-state index in [0.717, 1.165) is 11.3 Å². The molecule has 0 saturated carbocycles. The lowest BCUT2D eigenvalue weighted by molar-refractivity contribution is 0.597. The number of nitrogens with two attached hydrogens (primary N) is 1. The number of imidazole rings is 1. The summed E-state index contributed by atoms with van der Waals surface area (Å²) in [6.45, 7) is 1.62. The van der Waals surface area contributed by atoms with Gasteiger partial charge in [0, 0.05) is 0 Å². The van der Waals surface area contributed by atoms with Crippen LogP contribution in [0.4, 0.5) is 5.95 Å². The van der Waals surface area contributed by atoms with Crippen molar-refractivity contribution in [2.75, 3.05) is 11.2 Å². The minimum Gasteiger partial charge on any atom is -0.323 e. The van der Waals surface area contributed by atoms with Crippen LogP contribution in [0, 0.1) is 0 Å². The molecule has 1 aromatic heterocycles. The molecule has 0 aliphatic rings. The van der Waals surface area contributed by atoms with Crippen LogP contribution in [-0.4, -0.2) is 24.1 Å². The molecule has 0 unspecified atom stereocenters. The van der Waals surface area contributed by atoms with Gasteiger partial charge in [-0.1, -0.05) is 19.1 Å². The number of aromatic nitrogens is 2. The molecule has 18 heavy (non-hydrogen) atoms. The number of sulfone groups is 1. The molecule has 0 spiro atoms. The average Bonchev–Trinajstić information content (AvgIpc) is 2.87. The van der Waals surface area contributed by atoms with Crippen LogP contribution in [0.25, 0.3) is 11.3 Å². The molecule has 0 bridgehead atoms. The Balaban J connectivity index is 2.33. The summed E-state index contributed by atoms with van der Waals surface area (Å²) in [6, 6.07) is 6.64. The third kappa shape index (κ3) is 2.36. The summed E-state index contributed by atoms with van der Waals surface area (Å²) in [4.78, 5) is 7.27.